The molecule has 3 nitrogen and oxygen atoms in total. The molecule has 1 aromatic rings. The van der Waals surface area contributed by atoms with E-state index < -0.39 is 0 Å². The molecule has 18 heavy (non-hydrogen) atoms. The maximum atomic E-state index is 7.52. The van der Waals surface area contributed by atoms with Crippen LogP contribution in [0.4, 0.5) is 5.69 Å². The Morgan fingerprint density at radius 1 is 1.44 bits per heavy atom. The number of aryl methyl sites for hydroxylation is 1. The highest BCUT2D eigenvalue weighted by Gasteiger charge is 2.20. The summed E-state index contributed by atoms with van der Waals surface area (Å²) >= 11 is 0. The standard InChI is InChI=1S/C15H23N3/c1-3-18(10-12-5-4-6-12)13-7-8-14(15(16)17)11(2)9-13/h7-9,12H,3-6,10H2,1-2H3,(H3,16,17). The summed E-state index contributed by atoms with van der Waals surface area (Å²) in [4.78, 5) is 2.43. The van der Waals surface area contributed by atoms with Gasteiger partial charge >= 0.3 is 0 Å². The predicted molar refractivity (Wildman–Crippen MR) is 77.4 cm³/mol. The lowest BCUT2D eigenvalue weighted by Gasteiger charge is -2.33. The van der Waals surface area contributed by atoms with Crippen LogP contribution in [0.5, 0.6) is 0 Å². The number of nitrogens with two attached hydrogens (primary N) is 1. The first-order valence-electron chi connectivity index (χ1n) is 6.81. The highest BCUT2D eigenvalue weighted by Crippen LogP contribution is 2.29. The molecule has 0 spiro atoms. The van der Waals surface area contributed by atoms with E-state index in [2.05, 4.69) is 24.0 Å². The number of nitrogens with one attached hydrogen (secondary N) is 1. The number of nitrogen functional groups attached to an aromatic ring is 1. The molecule has 1 aliphatic carbocycles. The van der Waals surface area contributed by atoms with Gasteiger partial charge in [0.2, 0.25) is 0 Å². The minimum Gasteiger partial charge on any atom is -0.384 e. The fraction of sp³-hybridized carbons (Fsp3) is 0.533. The molecule has 3 N–H and O–H groups in total. The zero-order chi connectivity index (χ0) is 13.1. The van der Waals surface area contributed by atoms with Crippen LogP contribution in [0.25, 0.3) is 0 Å². The Balaban J connectivity index is 2.14. The zero-order valence-corrected chi connectivity index (χ0v) is 11.4. The SMILES string of the molecule is CCN(CC1CCC1)c1ccc(C(=N)N)c(C)c1. The molecule has 1 aromatic carbocycles. The Kier molecular flexibility index (Phi) is 3.90. The lowest BCUT2D eigenvalue weighted by molar-refractivity contribution is 0.318. The molecule has 0 saturated heterocycles. The molecule has 0 amide bonds. The summed E-state index contributed by atoms with van der Waals surface area (Å²) in [6.45, 7) is 6.43. The van der Waals surface area contributed by atoms with Crippen LogP contribution in [0, 0.1) is 18.3 Å². The van der Waals surface area contributed by atoms with Gasteiger partial charge in [-0.25, -0.2) is 0 Å². The van der Waals surface area contributed by atoms with Crippen LogP contribution in [0.3, 0.4) is 0 Å². The number of nitrogens with zero attached hydrogens (tertiary/aromatic N) is 1. The van der Waals surface area contributed by atoms with E-state index in [0.717, 1.165) is 30.1 Å². The molecule has 0 aromatic heterocycles. The molecule has 0 bridgehead atoms. The summed E-state index contributed by atoms with van der Waals surface area (Å²) in [5.41, 5.74) is 8.75. The van der Waals surface area contributed by atoms with E-state index in [4.69, 9.17) is 11.1 Å². The van der Waals surface area contributed by atoms with Crippen molar-refractivity contribution >= 4 is 11.5 Å². The molecule has 3 heteroatoms. The van der Waals surface area contributed by atoms with Crippen molar-refractivity contribution in [2.75, 3.05) is 18.0 Å². The van der Waals surface area contributed by atoms with Crippen molar-refractivity contribution in [3.8, 4) is 0 Å². The Bertz CT molecular complexity index is 435. The topological polar surface area (TPSA) is 53.1 Å². The van der Waals surface area contributed by atoms with Crippen LogP contribution in [-0.2, 0) is 0 Å². The third-order valence-corrected chi connectivity index (χ3v) is 3.95. The molecule has 0 unspecified atom stereocenters. The number of amidine groups is 1. The van der Waals surface area contributed by atoms with Crippen molar-refractivity contribution in [3.63, 3.8) is 0 Å². The van der Waals surface area contributed by atoms with Gasteiger partial charge in [-0.3, -0.25) is 5.41 Å². The number of hydrogen-bond donors (Lipinski definition) is 2. The van der Waals surface area contributed by atoms with Crippen molar-refractivity contribution in [1.82, 2.24) is 0 Å². The maximum Gasteiger partial charge on any atom is 0.123 e. The van der Waals surface area contributed by atoms with E-state index in [9.17, 15) is 0 Å². The number of benzene rings is 1. The third-order valence-electron chi connectivity index (χ3n) is 3.95. The van der Waals surface area contributed by atoms with Gasteiger partial charge < -0.3 is 10.6 Å². The second kappa shape index (κ2) is 5.42. The smallest absolute Gasteiger partial charge is 0.123 e. The molecule has 0 heterocycles. The second-order valence-corrected chi connectivity index (χ2v) is 5.25. The molecule has 1 fully saturated rings. The van der Waals surface area contributed by atoms with Crippen molar-refractivity contribution in [2.24, 2.45) is 11.7 Å². The van der Waals surface area contributed by atoms with Gasteiger partial charge in [-0.05, 0) is 56.4 Å². The fourth-order valence-electron chi connectivity index (χ4n) is 2.55. The molecular formula is C15H23N3. The van der Waals surface area contributed by atoms with E-state index >= 15 is 0 Å². The van der Waals surface area contributed by atoms with Gasteiger partial charge in [0.1, 0.15) is 5.84 Å². The van der Waals surface area contributed by atoms with Gasteiger partial charge in [-0.15, -0.1) is 0 Å². The van der Waals surface area contributed by atoms with Gasteiger partial charge in [-0.2, -0.15) is 0 Å². The van der Waals surface area contributed by atoms with Gasteiger partial charge in [-0.1, -0.05) is 6.42 Å². The van der Waals surface area contributed by atoms with Crippen LogP contribution in [-0.4, -0.2) is 18.9 Å². The van der Waals surface area contributed by atoms with E-state index in [-0.39, 0.29) is 5.84 Å². The van der Waals surface area contributed by atoms with Crippen LogP contribution in [0.15, 0.2) is 18.2 Å². The van der Waals surface area contributed by atoms with Crippen LogP contribution < -0.4 is 10.6 Å². The monoisotopic (exact) mass is 245 g/mol. The first kappa shape index (κ1) is 12.9. The van der Waals surface area contributed by atoms with Crippen molar-refractivity contribution < 1.29 is 0 Å². The summed E-state index contributed by atoms with van der Waals surface area (Å²) in [7, 11) is 0. The van der Waals surface area contributed by atoms with Crippen molar-refractivity contribution in [3.05, 3.63) is 29.3 Å². The van der Waals surface area contributed by atoms with Crippen LogP contribution in [0.1, 0.15) is 37.3 Å². The molecular weight excluding hydrogens is 222 g/mol. The molecule has 1 aliphatic rings. The average Bonchev–Trinajstić information content (AvgIpc) is 2.27. The quantitative estimate of drug-likeness (QED) is 0.619. The minimum atomic E-state index is 0.154. The molecule has 0 aliphatic heterocycles. The molecule has 1 saturated carbocycles. The van der Waals surface area contributed by atoms with Crippen LogP contribution >= 0.6 is 0 Å². The summed E-state index contributed by atoms with van der Waals surface area (Å²) in [6, 6.07) is 6.21. The summed E-state index contributed by atoms with van der Waals surface area (Å²) in [5.74, 6) is 1.03. The lowest BCUT2D eigenvalue weighted by Crippen LogP contribution is -2.32. The lowest BCUT2D eigenvalue weighted by atomic mass is 9.85. The average molecular weight is 245 g/mol. The normalized spacial score (nSPS) is 15.2. The van der Waals surface area contributed by atoms with Crippen molar-refractivity contribution in [1.29, 1.82) is 5.41 Å². The summed E-state index contributed by atoms with van der Waals surface area (Å²) in [6.07, 6.45) is 4.15. The molecule has 0 atom stereocenters. The minimum absolute atomic E-state index is 0.154. The Morgan fingerprint density at radius 2 is 2.17 bits per heavy atom. The predicted octanol–water partition coefficient (Wildman–Crippen LogP) is 2.91. The van der Waals surface area contributed by atoms with E-state index in [1.165, 1.54) is 24.9 Å². The zero-order valence-electron chi connectivity index (χ0n) is 11.4. The Labute approximate surface area is 109 Å². The van der Waals surface area contributed by atoms with Gasteiger partial charge in [0.25, 0.3) is 0 Å². The van der Waals surface area contributed by atoms with Gasteiger partial charge in [0, 0.05) is 24.3 Å². The molecule has 0 radical (unpaired) electrons. The first-order chi connectivity index (χ1) is 8.61. The Hall–Kier alpha value is -1.51. The summed E-state index contributed by atoms with van der Waals surface area (Å²) < 4.78 is 0. The largest absolute Gasteiger partial charge is 0.384 e. The van der Waals surface area contributed by atoms with E-state index in [0.29, 0.717) is 0 Å². The van der Waals surface area contributed by atoms with Crippen molar-refractivity contribution in [2.45, 2.75) is 33.1 Å². The van der Waals surface area contributed by atoms with E-state index in [1.54, 1.807) is 0 Å². The summed E-state index contributed by atoms with van der Waals surface area (Å²) in [5, 5.41) is 7.52. The van der Waals surface area contributed by atoms with Gasteiger partial charge in [0.05, 0.1) is 0 Å². The number of anilines is 1. The first-order valence-corrected chi connectivity index (χ1v) is 6.81. The Morgan fingerprint density at radius 3 is 2.61 bits per heavy atom. The fourth-order valence-corrected chi connectivity index (χ4v) is 2.55. The van der Waals surface area contributed by atoms with Gasteiger partial charge in [0.15, 0.2) is 0 Å². The number of hydrogen-bond acceptors (Lipinski definition) is 2. The second-order valence-electron chi connectivity index (χ2n) is 5.25. The molecule has 2 rings (SSSR count). The highest BCUT2D eigenvalue weighted by atomic mass is 15.1. The number of rotatable bonds is 5. The highest BCUT2D eigenvalue weighted by molar-refractivity contribution is 5.96. The third kappa shape index (κ3) is 2.66. The van der Waals surface area contributed by atoms with Crippen LogP contribution in [0.2, 0.25) is 0 Å². The molecule has 98 valence electrons. The maximum absolute atomic E-state index is 7.52. The van der Waals surface area contributed by atoms with E-state index in [1.807, 2.05) is 13.0 Å².